The number of hydrogen-bond acceptors (Lipinski definition) is 4. The Kier molecular flexibility index (Phi) is 4.41. The molecule has 0 saturated heterocycles. The predicted molar refractivity (Wildman–Crippen MR) is 84.5 cm³/mol. The smallest absolute Gasteiger partial charge is 0.193 e. The first-order valence-corrected chi connectivity index (χ1v) is 8.77. The molecule has 21 heavy (non-hydrogen) atoms. The van der Waals surface area contributed by atoms with Gasteiger partial charge < -0.3 is 15.8 Å². The predicted octanol–water partition coefficient (Wildman–Crippen LogP) is 1.25. The number of anilines is 1. The zero-order chi connectivity index (χ0) is 15.5. The van der Waals surface area contributed by atoms with Gasteiger partial charge in [-0.05, 0) is 37.1 Å². The molecule has 0 bridgehead atoms. The highest BCUT2D eigenvalue weighted by Gasteiger charge is 2.45. The lowest BCUT2D eigenvalue weighted by Crippen LogP contribution is -2.26. The Balaban J connectivity index is 1.92. The van der Waals surface area contributed by atoms with Crippen LogP contribution in [0.4, 0.5) is 5.69 Å². The van der Waals surface area contributed by atoms with Crippen LogP contribution in [0.3, 0.4) is 0 Å². The van der Waals surface area contributed by atoms with Gasteiger partial charge in [0.05, 0.1) is 12.9 Å². The van der Waals surface area contributed by atoms with Crippen LogP contribution in [0.2, 0.25) is 0 Å². The summed E-state index contributed by atoms with van der Waals surface area (Å²) in [5.41, 5.74) is 6.43. The standard InChI is InChI=1S/C14H21N3O3S/c1-20-12-5-3-11(4-6-12)17-13(15)16-9-14(7-8-14)10-21(2,18)19/h3-6H,7-10H2,1-2H3,(H3,15,16,17). The zero-order valence-electron chi connectivity index (χ0n) is 12.3. The number of nitrogens with one attached hydrogen (secondary N) is 1. The summed E-state index contributed by atoms with van der Waals surface area (Å²) >= 11 is 0. The van der Waals surface area contributed by atoms with E-state index in [9.17, 15) is 8.42 Å². The van der Waals surface area contributed by atoms with Gasteiger partial charge in [-0.25, -0.2) is 8.42 Å². The summed E-state index contributed by atoms with van der Waals surface area (Å²) in [6.07, 6.45) is 3.04. The van der Waals surface area contributed by atoms with E-state index < -0.39 is 9.84 Å². The monoisotopic (exact) mass is 311 g/mol. The molecule has 6 nitrogen and oxygen atoms in total. The van der Waals surface area contributed by atoms with Gasteiger partial charge in [-0.15, -0.1) is 0 Å². The van der Waals surface area contributed by atoms with Gasteiger partial charge in [0, 0.05) is 23.9 Å². The number of aliphatic imine (C=N–C) groups is 1. The number of ether oxygens (including phenoxy) is 1. The highest BCUT2D eigenvalue weighted by atomic mass is 32.2. The molecule has 0 aliphatic heterocycles. The van der Waals surface area contributed by atoms with Crippen LogP contribution in [-0.2, 0) is 9.84 Å². The molecule has 1 aliphatic rings. The van der Waals surface area contributed by atoms with Gasteiger partial charge in [-0.2, -0.15) is 0 Å². The maximum atomic E-state index is 11.4. The number of methoxy groups -OCH3 is 1. The maximum Gasteiger partial charge on any atom is 0.193 e. The fraction of sp³-hybridized carbons (Fsp3) is 0.500. The van der Waals surface area contributed by atoms with Crippen molar-refractivity contribution in [2.75, 3.05) is 31.0 Å². The van der Waals surface area contributed by atoms with Gasteiger partial charge in [-0.3, -0.25) is 4.99 Å². The summed E-state index contributed by atoms with van der Waals surface area (Å²) in [5.74, 6) is 1.24. The molecule has 0 heterocycles. The molecule has 0 unspecified atom stereocenters. The molecule has 7 heteroatoms. The number of benzene rings is 1. The largest absolute Gasteiger partial charge is 0.497 e. The van der Waals surface area contributed by atoms with Gasteiger partial charge in [0.1, 0.15) is 15.6 Å². The van der Waals surface area contributed by atoms with Gasteiger partial charge in [-0.1, -0.05) is 0 Å². The molecule has 1 aromatic carbocycles. The van der Waals surface area contributed by atoms with Crippen LogP contribution >= 0.6 is 0 Å². The summed E-state index contributed by atoms with van der Waals surface area (Å²) in [7, 11) is -1.37. The molecule has 1 aliphatic carbocycles. The molecule has 0 amide bonds. The third kappa shape index (κ3) is 4.93. The molecule has 116 valence electrons. The van der Waals surface area contributed by atoms with Crippen LogP contribution in [0.15, 0.2) is 29.3 Å². The van der Waals surface area contributed by atoms with Crippen molar-refractivity contribution in [3.05, 3.63) is 24.3 Å². The van der Waals surface area contributed by atoms with Crippen LogP contribution in [0.25, 0.3) is 0 Å². The second-order valence-electron chi connectivity index (χ2n) is 5.63. The van der Waals surface area contributed by atoms with Gasteiger partial charge >= 0.3 is 0 Å². The number of nitrogens with two attached hydrogens (primary N) is 1. The van der Waals surface area contributed by atoms with Crippen molar-refractivity contribution in [1.29, 1.82) is 0 Å². The van der Waals surface area contributed by atoms with E-state index in [1.54, 1.807) is 7.11 Å². The van der Waals surface area contributed by atoms with E-state index in [0.29, 0.717) is 12.5 Å². The second kappa shape index (κ2) is 5.93. The fourth-order valence-electron chi connectivity index (χ4n) is 2.20. The first-order chi connectivity index (χ1) is 9.82. The summed E-state index contributed by atoms with van der Waals surface area (Å²) in [5, 5.41) is 2.98. The summed E-state index contributed by atoms with van der Waals surface area (Å²) in [6.45, 7) is 0.440. The lowest BCUT2D eigenvalue weighted by Gasteiger charge is -2.12. The van der Waals surface area contributed by atoms with E-state index in [0.717, 1.165) is 24.3 Å². The van der Waals surface area contributed by atoms with Crippen LogP contribution in [0, 0.1) is 5.41 Å². The quantitative estimate of drug-likeness (QED) is 0.609. The molecule has 2 rings (SSSR count). The number of nitrogens with zero attached hydrogens (tertiary/aromatic N) is 1. The molecule has 1 aromatic rings. The van der Waals surface area contributed by atoms with Gasteiger partial charge in [0.25, 0.3) is 0 Å². The fourth-order valence-corrected chi connectivity index (χ4v) is 3.69. The third-order valence-electron chi connectivity index (χ3n) is 3.47. The van der Waals surface area contributed by atoms with E-state index in [4.69, 9.17) is 10.5 Å². The Morgan fingerprint density at radius 3 is 2.48 bits per heavy atom. The van der Waals surface area contributed by atoms with Gasteiger partial charge in [0.15, 0.2) is 5.96 Å². The molecule has 1 fully saturated rings. The van der Waals surface area contributed by atoms with Crippen LogP contribution in [0.5, 0.6) is 5.75 Å². The Morgan fingerprint density at radius 1 is 1.38 bits per heavy atom. The first-order valence-electron chi connectivity index (χ1n) is 6.71. The lowest BCUT2D eigenvalue weighted by molar-refractivity contribution is 0.415. The lowest BCUT2D eigenvalue weighted by atomic mass is 10.1. The molecule has 0 atom stereocenters. The number of rotatable bonds is 6. The summed E-state index contributed by atoms with van der Waals surface area (Å²) in [4.78, 5) is 4.27. The van der Waals surface area contributed by atoms with Crippen molar-refractivity contribution < 1.29 is 13.2 Å². The van der Waals surface area contributed by atoms with E-state index >= 15 is 0 Å². The number of hydrogen-bond donors (Lipinski definition) is 2. The summed E-state index contributed by atoms with van der Waals surface area (Å²) < 4.78 is 27.8. The van der Waals surface area contributed by atoms with Crippen molar-refractivity contribution in [1.82, 2.24) is 0 Å². The minimum absolute atomic E-state index is 0.180. The molecule has 3 N–H and O–H groups in total. The maximum absolute atomic E-state index is 11.4. The second-order valence-corrected chi connectivity index (χ2v) is 7.77. The minimum Gasteiger partial charge on any atom is -0.497 e. The average molecular weight is 311 g/mol. The van der Waals surface area contributed by atoms with E-state index in [1.165, 1.54) is 6.26 Å². The SMILES string of the molecule is COc1ccc(NC(N)=NCC2(CS(C)(=O)=O)CC2)cc1. The molecule has 1 saturated carbocycles. The van der Waals surface area contributed by atoms with E-state index in [2.05, 4.69) is 10.3 Å². The topological polar surface area (TPSA) is 93.8 Å². The van der Waals surface area contributed by atoms with Crippen LogP contribution in [-0.4, -0.2) is 40.0 Å². The van der Waals surface area contributed by atoms with Crippen molar-refractivity contribution >= 4 is 21.5 Å². The normalized spacial score (nSPS) is 17.3. The average Bonchev–Trinajstić information content (AvgIpc) is 3.15. The highest BCUT2D eigenvalue weighted by Crippen LogP contribution is 2.46. The van der Waals surface area contributed by atoms with Crippen LogP contribution < -0.4 is 15.8 Å². The molecule has 0 aromatic heterocycles. The minimum atomic E-state index is -2.98. The Labute approximate surface area is 125 Å². The molecule has 0 radical (unpaired) electrons. The van der Waals surface area contributed by atoms with E-state index in [1.807, 2.05) is 24.3 Å². The highest BCUT2D eigenvalue weighted by molar-refractivity contribution is 7.90. The molecular weight excluding hydrogens is 290 g/mol. The molecular formula is C14H21N3O3S. The first kappa shape index (κ1) is 15.6. The zero-order valence-corrected chi connectivity index (χ0v) is 13.1. The Bertz CT molecular complexity index is 619. The number of guanidine groups is 1. The van der Waals surface area contributed by atoms with Crippen molar-refractivity contribution in [2.45, 2.75) is 12.8 Å². The Morgan fingerprint density at radius 2 is 2.00 bits per heavy atom. The third-order valence-corrected chi connectivity index (χ3v) is 4.61. The molecule has 0 spiro atoms. The van der Waals surface area contributed by atoms with Crippen LogP contribution in [0.1, 0.15) is 12.8 Å². The van der Waals surface area contributed by atoms with Gasteiger partial charge in [0.2, 0.25) is 0 Å². The number of sulfone groups is 1. The Hall–Kier alpha value is -1.76. The van der Waals surface area contributed by atoms with Crippen molar-refractivity contribution in [3.8, 4) is 5.75 Å². The van der Waals surface area contributed by atoms with Crippen molar-refractivity contribution in [3.63, 3.8) is 0 Å². The van der Waals surface area contributed by atoms with E-state index in [-0.39, 0.29) is 11.2 Å². The summed E-state index contributed by atoms with van der Waals surface area (Å²) in [6, 6.07) is 7.32. The van der Waals surface area contributed by atoms with Crippen molar-refractivity contribution in [2.24, 2.45) is 16.1 Å².